The zero-order valence-electron chi connectivity index (χ0n) is 10.3. The molecule has 0 saturated carbocycles. The van der Waals surface area contributed by atoms with Crippen LogP contribution in [0.25, 0.3) is 0 Å². The Hall–Kier alpha value is -0.240. The summed E-state index contributed by atoms with van der Waals surface area (Å²) >= 11 is 0. The van der Waals surface area contributed by atoms with Crippen LogP contribution in [0.4, 0.5) is 0 Å². The third kappa shape index (κ3) is 3.16. The van der Waals surface area contributed by atoms with E-state index in [1.54, 1.807) is 0 Å². The molecule has 84 valence electrons. The van der Waals surface area contributed by atoms with E-state index in [1.165, 1.54) is 0 Å². The third-order valence-corrected chi connectivity index (χ3v) is 2.58. The SMILES string of the molecule is CC(C)(C)N1C=[N+](C(C)(C)C)CC1.[Cl-]. The molecule has 0 N–H and O–H groups in total. The summed E-state index contributed by atoms with van der Waals surface area (Å²) in [4.78, 5) is 2.41. The van der Waals surface area contributed by atoms with Crippen LogP contribution in [-0.4, -0.2) is 40.0 Å². The second kappa shape index (κ2) is 4.09. The zero-order chi connectivity index (χ0) is 10.3. The Bertz CT molecular complexity index is 220. The van der Waals surface area contributed by atoms with Crippen molar-refractivity contribution in [3.63, 3.8) is 0 Å². The molecule has 0 fully saturated rings. The second-order valence-electron chi connectivity index (χ2n) is 5.84. The van der Waals surface area contributed by atoms with Crippen molar-refractivity contribution in [2.45, 2.75) is 52.6 Å². The Kier molecular flexibility index (Phi) is 4.02. The minimum absolute atomic E-state index is 0. The Morgan fingerprint density at radius 3 is 1.79 bits per heavy atom. The Labute approximate surface area is 94.4 Å². The number of hydrogen-bond donors (Lipinski definition) is 0. The molecule has 0 unspecified atom stereocenters. The van der Waals surface area contributed by atoms with Crippen LogP contribution < -0.4 is 12.4 Å². The largest absolute Gasteiger partial charge is 1.00 e. The summed E-state index contributed by atoms with van der Waals surface area (Å²) in [5.74, 6) is 0. The van der Waals surface area contributed by atoms with Crippen LogP contribution in [0.3, 0.4) is 0 Å². The predicted molar refractivity (Wildman–Crippen MR) is 57.4 cm³/mol. The molecule has 0 aromatic rings. The van der Waals surface area contributed by atoms with Gasteiger partial charge in [0.1, 0.15) is 13.1 Å². The van der Waals surface area contributed by atoms with Gasteiger partial charge in [0.25, 0.3) is 0 Å². The predicted octanol–water partition coefficient (Wildman–Crippen LogP) is -1.06. The van der Waals surface area contributed by atoms with E-state index in [1.807, 2.05) is 0 Å². The fraction of sp³-hybridized carbons (Fsp3) is 0.909. The molecular weight excluding hydrogens is 196 g/mol. The van der Waals surface area contributed by atoms with Crippen LogP contribution in [0, 0.1) is 0 Å². The number of halogens is 1. The molecular formula is C11H23ClN2. The lowest BCUT2D eigenvalue weighted by atomic mass is 10.1. The highest BCUT2D eigenvalue weighted by molar-refractivity contribution is 5.52. The Morgan fingerprint density at radius 1 is 1.07 bits per heavy atom. The zero-order valence-corrected chi connectivity index (χ0v) is 11.0. The van der Waals surface area contributed by atoms with Gasteiger partial charge in [0.2, 0.25) is 6.34 Å². The van der Waals surface area contributed by atoms with Crippen molar-refractivity contribution in [2.75, 3.05) is 13.1 Å². The van der Waals surface area contributed by atoms with Crippen LogP contribution >= 0.6 is 0 Å². The molecule has 14 heavy (non-hydrogen) atoms. The second-order valence-corrected chi connectivity index (χ2v) is 5.84. The van der Waals surface area contributed by atoms with Crippen LogP contribution in [0.1, 0.15) is 41.5 Å². The summed E-state index contributed by atoms with van der Waals surface area (Å²) < 4.78 is 2.41. The smallest absolute Gasteiger partial charge is 0.235 e. The van der Waals surface area contributed by atoms with E-state index >= 15 is 0 Å². The fourth-order valence-electron chi connectivity index (χ4n) is 1.52. The molecule has 0 radical (unpaired) electrons. The van der Waals surface area contributed by atoms with Crippen molar-refractivity contribution in [1.29, 1.82) is 0 Å². The van der Waals surface area contributed by atoms with Gasteiger partial charge >= 0.3 is 0 Å². The molecule has 0 aromatic carbocycles. The number of nitrogens with zero attached hydrogens (tertiary/aromatic N) is 2. The molecule has 3 heteroatoms. The standard InChI is InChI=1S/C11H23N2.ClH/c1-10(2,3)12-7-8-13(9-12)11(4,5)6;/h9H,7-8H2,1-6H3;1H/q+1;/p-1. The quantitative estimate of drug-likeness (QED) is 0.470. The van der Waals surface area contributed by atoms with E-state index in [9.17, 15) is 0 Å². The maximum atomic E-state index is 2.41. The van der Waals surface area contributed by atoms with Crippen molar-refractivity contribution in [3.8, 4) is 0 Å². The van der Waals surface area contributed by atoms with E-state index in [0.717, 1.165) is 13.1 Å². The van der Waals surface area contributed by atoms with E-state index in [0.29, 0.717) is 0 Å². The lowest BCUT2D eigenvalue weighted by Crippen LogP contribution is -3.00. The fourth-order valence-corrected chi connectivity index (χ4v) is 1.52. The molecule has 0 atom stereocenters. The average molecular weight is 219 g/mol. The van der Waals surface area contributed by atoms with Crippen LogP contribution in [0.15, 0.2) is 0 Å². The van der Waals surface area contributed by atoms with Gasteiger partial charge in [0, 0.05) is 0 Å². The topological polar surface area (TPSA) is 6.25 Å². The monoisotopic (exact) mass is 218 g/mol. The van der Waals surface area contributed by atoms with Crippen LogP contribution in [0.2, 0.25) is 0 Å². The highest BCUT2D eigenvalue weighted by atomic mass is 35.5. The Balaban J connectivity index is 0.00000169. The molecule has 2 nitrogen and oxygen atoms in total. The van der Waals surface area contributed by atoms with Crippen LogP contribution in [-0.2, 0) is 0 Å². The van der Waals surface area contributed by atoms with Crippen LogP contribution in [0.5, 0.6) is 0 Å². The lowest BCUT2D eigenvalue weighted by Gasteiger charge is -2.23. The summed E-state index contributed by atoms with van der Waals surface area (Å²) in [7, 11) is 0. The molecule has 1 aliphatic rings. The summed E-state index contributed by atoms with van der Waals surface area (Å²) in [6.45, 7) is 15.9. The first-order valence-corrected chi connectivity index (χ1v) is 5.10. The first kappa shape index (κ1) is 13.8. The lowest BCUT2D eigenvalue weighted by molar-refractivity contribution is -0.584. The molecule has 1 heterocycles. The van der Waals surface area contributed by atoms with Gasteiger partial charge in [0.15, 0.2) is 0 Å². The Morgan fingerprint density at radius 2 is 1.57 bits per heavy atom. The molecule has 1 rings (SSSR count). The summed E-state index contributed by atoms with van der Waals surface area (Å²) in [5, 5.41) is 0. The first-order valence-electron chi connectivity index (χ1n) is 5.10. The average Bonchev–Trinajstić information content (AvgIpc) is 2.28. The van der Waals surface area contributed by atoms with E-state index in [2.05, 4.69) is 57.4 Å². The van der Waals surface area contributed by atoms with Crippen molar-refractivity contribution < 1.29 is 17.0 Å². The minimum atomic E-state index is 0. The van der Waals surface area contributed by atoms with Gasteiger partial charge < -0.3 is 12.4 Å². The van der Waals surface area contributed by atoms with E-state index in [-0.39, 0.29) is 23.5 Å². The van der Waals surface area contributed by atoms with Crippen molar-refractivity contribution in [3.05, 3.63) is 0 Å². The molecule has 0 spiro atoms. The molecule has 0 bridgehead atoms. The van der Waals surface area contributed by atoms with E-state index in [4.69, 9.17) is 0 Å². The van der Waals surface area contributed by atoms with Gasteiger partial charge in [-0.15, -0.1) is 0 Å². The van der Waals surface area contributed by atoms with Gasteiger partial charge in [-0.2, -0.15) is 0 Å². The highest BCUT2D eigenvalue weighted by Gasteiger charge is 2.34. The molecule has 0 saturated heterocycles. The van der Waals surface area contributed by atoms with Gasteiger partial charge in [0.05, 0.1) is 11.1 Å². The molecule has 0 aromatic heterocycles. The van der Waals surface area contributed by atoms with Gasteiger partial charge in [-0.3, -0.25) is 9.48 Å². The minimum Gasteiger partial charge on any atom is -1.00 e. The van der Waals surface area contributed by atoms with Gasteiger partial charge in [-0.25, -0.2) is 0 Å². The summed E-state index contributed by atoms with van der Waals surface area (Å²) in [6, 6.07) is 0. The summed E-state index contributed by atoms with van der Waals surface area (Å²) in [5.41, 5.74) is 0.528. The van der Waals surface area contributed by atoms with Gasteiger partial charge in [-0.05, 0) is 41.5 Å². The number of rotatable bonds is 0. The third-order valence-electron chi connectivity index (χ3n) is 2.58. The maximum absolute atomic E-state index is 2.41. The van der Waals surface area contributed by atoms with E-state index < -0.39 is 0 Å². The molecule has 0 amide bonds. The molecule has 1 aliphatic heterocycles. The highest BCUT2D eigenvalue weighted by Crippen LogP contribution is 2.17. The van der Waals surface area contributed by atoms with Gasteiger partial charge in [-0.1, -0.05) is 0 Å². The first-order chi connectivity index (χ1) is 5.71. The van der Waals surface area contributed by atoms with Crippen molar-refractivity contribution in [1.82, 2.24) is 4.90 Å². The normalized spacial score (nSPS) is 17.9. The summed E-state index contributed by atoms with van der Waals surface area (Å²) in [6.07, 6.45) is 2.28. The maximum Gasteiger partial charge on any atom is 0.235 e. The van der Waals surface area contributed by atoms with Crippen molar-refractivity contribution >= 4 is 6.34 Å². The number of hydrogen-bond acceptors (Lipinski definition) is 1. The van der Waals surface area contributed by atoms with Crippen molar-refractivity contribution in [2.24, 2.45) is 0 Å². The molecule has 0 aliphatic carbocycles.